The van der Waals surface area contributed by atoms with Gasteiger partial charge >= 0.3 is 5.97 Å². The summed E-state index contributed by atoms with van der Waals surface area (Å²) < 4.78 is 10.7. The van der Waals surface area contributed by atoms with Crippen LogP contribution >= 0.6 is 23.1 Å². The number of nitrogens with zero attached hydrogens (tertiary/aromatic N) is 3. The number of rotatable bonds is 6. The topological polar surface area (TPSA) is 85.5 Å². The van der Waals surface area contributed by atoms with E-state index >= 15 is 0 Å². The molecule has 1 aliphatic rings. The molecule has 1 amide bonds. The standard InChI is InChI=1S/C17H21N3O4S2/c1-3-23-16(22)12-6-8-20(9-7-12)15(21)11(2)26-17-19-18-14(24-17)13-5-4-10-25-13/h4-5,10-12H,3,6-9H2,1-2H3/t11-/m1/s1. The molecule has 0 spiro atoms. The Morgan fingerprint density at radius 2 is 2.19 bits per heavy atom. The maximum atomic E-state index is 12.6. The van der Waals surface area contributed by atoms with Crippen LogP contribution in [0.5, 0.6) is 0 Å². The van der Waals surface area contributed by atoms with Gasteiger partial charge in [0.05, 0.1) is 22.7 Å². The summed E-state index contributed by atoms with van der Waals surface area (Å²) in [4.78, 5) is 27.1. The molecule has 0 N–H and O–H groups in total. The van der Waals surface area contributed by atoms with Crippen LogP contribution < -0.4 is 0 Å². The van der Waals surface area contributed by atoms with Crippen LogP contribution in [0.2, 0.25) is 0 Å². The van der Waals surface area contributed by atoms with Crippen LogP contribution in [-0.2, 0) is 14.3 Å². The third-order valence-corrected chi connectivity index (χ3v) is 5.97. The summed E-state index contributed by atoms with van der Waals surface area (Å²) in [6.45, 7) is 5.16. The van der Waals surface area contributed by atoms with E-state index in [1.54, 1.807) is 11.8 Å². The third kappa shape index (κ3) is 4.45. The summed E-state index contributed by atoms with van der Waals surface area (Å²) >= 11 is 2.78. The van der Waals surface area contributed by atoms with Crippen molar-refractivity contribution in [2.24, 2.45) is 5.92 Å². The minimum atomic E-state index is -0.328. The van der Waals surface area contributed by atoms with Crippen molar-refractivity contribution in [1.82, 2.24) is 15.1 Å². The monoisotopic (exact) mass is 395 g/mol. The zero-order valence-electron chi connectivity index (χ0n) is 14.7. The van der Waals surface area contributed by atoms with Gasteiger partial charge in [-0.3, -0.25) is 9.59 Å². The molecule has 0 unspecified atom stereocenters. The van der Waals surface area contributed by atoms with Crippen molar-refractivity contribution in [3.8, 4) is 10.8 Å². The predicted octanol–water partition coefficient (Wildman–Crippen LogP) is 3.08. The Morgan fingerprint density at radius 3 is 2.85 bits per heavy atom. The lowest BCUT2D eigenvalue weighted by Gasteiger charge is -2.32. The van der Waals surface area contributed by atoms with Gasteiger partial charge in [0.1, 0.15) is 0 Å². The molecule has 0 aliphatic carbocycles. The normalized spacial score (nSPS) is 16.5. The van der Waals surface area contributed by atoms with Gasteiger partial charge in [-0.2, -0.15) is 0 Å². The maximum Gasteiger partial charge on any atom is 0.309 e. The molecule has 9 heteroatoms. The second-order valence-corrected chi connectivity index (χ2v) is 8.20. The first-order chi connectivity index (χ1) is 12.6. The Kier molecular flexibility index (Phi) is 6.31. The summed E-state index contributed by atoms with van der Waals surface area (Å²) in [6.07, 6.45) is 1.29. The van der Waals surface area contributed by atoms with E-state index in [9.17, 15) is 9.59 Å². The van der Waals surface area contributed by atoms with E-state index in [1.165, 1.54) is 23.1 Å². The van der Waals surface area contributed by atoms with Gasteiger partial charge in [0.25, 0.3) is 11.1 Å². The van der Waals surface area contributed by atoms with Crippen molar-refractivity contribution in [1.29, 1.82) is 0 Å². The number of carbonyl (C=O) groups excluding carboxylic acids is 2. The third-order valence-electron chi connectivity index (χ3n) is 4.19. The highest BCUT2D eigenvalue weighted by Gasteiger charge is 2.31. The largest absolute Gasteiger partial charge is 0.466 e. The molecule has 0 saturated carbocycles. The lowest BCUT2D eigenvalue weighted by Crippen LogP contribution is -2.43. The highest BCUT2D eigenvalue weighted by Crippen LogP contribution is 2.29. The molecule has 3 rings (SSSR count). The van der Waals surface area contributed by atoms with Crippen LogP contribution in [0.3, 0.4) is 0 Å². The van der Waals surface area contributed by atoms with Crippen LogP contribution in [0.25, 0.3) is 10.8 Å². The maximum absolute atomic E-state index is 12.6. The summed E-state index contributed by atoms with van der Waals surface area (Å²) in [7, 11) is 0. The van der Waals surface area contributed by atoms with Crippen molar-refractivity contribution >= 4 is 35.0 Å². The predicted molar refractivity (Wildman–Crippen MR) is 98.9 cm³/mol. The number of hydrogen-bond donors (Lipinski definition) is 0. The Bertz CT molecular complexity index is 739. The van der Waals surface area contributed by atoms with Gasteiger partial charge in [-0.15, -0.1) is 21.5 Å². The van der Waals surface area contributed by atoms with Gasteiger partial charge in [0.15, 0.2) is 0 Å². The molecule has 140 valence electrons. The van der Waals surface area contributed by atoms with Crippen molar-refractivity contribution in [2.45, 2.75) is 37.2 Å². The number of carbonyl (C=O) groups is 2. The second-order valence-electron chi connectivity index (χ2n) is 5.96. The fourth-order valence-corrected chi connectivity index (χ4v) is 4.22. The van der Waals surface area contributed by atoms with Crippen LogP contribution in [0.1, 0.15) is 26.7 Å². The number of esters is 1. The van der Waals surface area contributed by atoms with Crippen molar-refractivity contribution in [3.63, 3.8) is 0 Å². The Labute approximate surface area is 160 Å². The molecule has 2 aromatic heterocycles. The Morgan fingerprint density at radius 1 is 1.42 bits per heavy atom. The first-order valence-electron chi connectivity index (χ1n) is 8.58. The van der Waals surface area contributed by atoms with Gasteiger partial charge in [-0.1, -0.05) is 17.8 Å². The van der Waals surface area contributed by atoms with E-state index in [-0.39, 0.29) is 23.0 Å². The molecular weight excluding hydrogens is 374 g/mol. The van der Waals surface area contributed by atoms with Crippen LogP contribution in [-0.4, -0.2) is 51.9 Å². The van der Waals surface area contributed by atoms with Crippen molar-refractivity contribution < 1.29 is 18.7 Å². The van der Waals surface area contributed by atoms with Crippen LogP contribution in [0.4, 0.5) is 0 Å². The van der Waals surface area contributed by atoms with E-state index in [0.29, 0.717) is 43.7 Å². The molecule has 1 aliphatic heterocycles. The number of thiophene rings is 1. The summed E-state index contributed by atoms with van der Waals surface area (Å²) in [5.41, 5.74) is 0. The number of amides is 1. The van der Waals surface area contributed by atoms with E-state index in [4.69, 9.17) is 9.15 Å². The van der Waals surface area contributed by atoms with Crippen molar-refractivity contribution in [2.75, 3.05) is 19.7 Å². The van der Waals surface area contributed by atoms with Crippen LogP contribution in [0.15, 0.2) is 27.2 Å². The average molecular weight is 396 g/mol. The number of ether oxygens (including phenoxy) is 1. The SMILES string of the molecule is CCOC(=O)C1CCN(C(=O)[C@@H](C)Sc2nnc(-c3cccs3)o2)CC1. The Balaban J connectivity index is 1.52. The molecule has 1 saturated heterocycles. The number of thioether (sulfide) groups is 1. The molecule has 0 bridgehead atoms. The van der Waals surface area contributed by atoms with Gasteiger partial charge in [-0.05, 0) is 38.1 Å². The highest BCUT2D eigenvalue weighted by molar-refractivity contribution is 8.00. The van der Waals surface area contributed by atoms with Gasteiger partial charge in [0.2, 0.25) is 5.91 Å². The average Bonchev–Trinajstić information content (AvgIpc) is 3.33. The fourth-order valence-electron chi connectivity index (χ4n) is 2.81. The summed E-state index contributed by atoms with van der Waals surface area (Å²) in [5, 5.41) is 10.0. The lowest BCUT2D eigenvalue weighted by molar-refractivity contribution is -0.151. The fraction of sp³-hybridized carbons (Fsp3) is 0.529. The molecule has 3 heterocycles. The van der Waals surface area contributed by atoms with Crippen LogP contribution in [0, 0.1) is 5.92 Å². The quantitative estimate of drug-likeness (QED) is 0.549. The van der Waals surface area contributed by atoms with Crippen molar-refractivity contribution in [3.05, 3.63) is 17.5 Å². The number of likely N-dealkylation sites (tertiary alicyclic amines) is 1. The van der Waals surface area contributed by atoms with Gasteiger partial charge in [-0.25, -0.2) is 0 Å². The smallest absolute Gasteiger partial charge is 0.309 e. The zero-order chi connectivity index (χ0) is 18.5. The Hall–Kier alpha value is -1.87. The molecule has 7 nitrogen and oxygen atoms in total. The molecule has 26 heavy (non-hydrogen) atoms. The molecule has 0 radical (unpaired) electrons. The zero-order valence-corrected chi connectivity index (χ0v) is 16.3. The van der Waals surface area contributed by atoms with Gasteiger partial charge in [0, 0.05) is 13.1 Å². The van der Waals surface area contributed by atoms with E-state index in [0.717, 1.165) is 4.88 Å². The molecular formula is C17H21N3O4S2. The lowest BCUT2D eigenvalue weighted by atomic mass is 9.97. The minimum absolute atomic E-state index is 0.0215. The second kappa shape index (κ2) is 8.68. The van der Waals surface area contributed by atoms with Gasteiger partial charge < -0.3 is 14.1 Å². The minimum Gasteiger partial charge on any atom is -0.466 e. The molecule has 0 aromatic carbocycles. The first-order valence-corrected chi connectivity index (χ1v) is 10.3. The molecule has 1 fully saturated rings. The van der Waals surface area contributed by atoms with E-state index in [2.05, 4.69) is 10.2 Å². The van der Waals surface area contributed by atoms with E-state index < -0.39 is 0 Å². The first kappa shape index (κ1) is 18.9. The van der Waals surface area contributed by atoms with E-state index in [1.807, 2.05) is 24.4 Å². The molecule has 1 atom stereocenters. The number of aromatic nitrogens is 2. The highest BCUT2D eigenvalue weighted by atomic mass is 32.2. The number of hydrogen-bond acceptors (Lipinski definition) is 8. The number of piperidine rings is 1. The summed E-state index contributed by atoms with van der Waals surface area (Å²) in [5.74, 6) is 0.228. The molecule has 2 aromatic rings. The summed E-state index contributed by atoms with van der Waals surface area (Å²) in [6, 6.07) is 3.83.